The molecule has 0 amide bonds. The first-order valence-electron chi connectivity index (χ1n) is 7.77. The fraction of sp³-hybridized carbons (Fsp3) is 0.562. The standard InChI is InChI=1S/C16H20N2O3S/c1-4-18-9(3)17-14-13(15(18)19)12-10(16(20)21-5-2)7-6-8-11(12)22-14/h10H,4-8H2,1-3H3. The Bertz CT molecular complexity index is 791. The number of thiophene rings is 1. The molecule has 1 atom stereocenters. The van der Waals surface area contributed by atoms with Gasteiger partial charge in [0, 0.05) is 11.4 Å². The van der Waals surface area contributed by atoms with Crippen LogP contribution >= 0.6 is 11.3 Å². The number of rotatable bonds is 3. The monoisotopic (exact) mass is 320 g/mol. The highest BCUT2D eigenvalue weighted by atomic mass is 32.1. The number of fused-ring (bicyclic) bond motifs is 3. The van der Waals surface area contributed by atoms with Crippen LogP contribution in [0.1, 0.15) is 48.9 Å². The molecule has 0 spiro atoms. The van der Waals surface area contributed by atoms with Gasteiger partial charge in [-0.05, 0) is 45.6 Å². The van der Waals surface area contributed by atoms with Crippen LogP contribution in [-0.2, 0) is 22.5 Å². The minimum atomic E-state index is -0.319. The molecular weight excluding hydrogens is 300 g/mol. The van der Waals surface area contributed by atoms with Crippen molar-refractivity contribution in [3.05, 3.63) is 26.6 Å². The summed E-state index contributed by atoms with van der Waals surface area (Å²) in [6.07, 6.45) is 2.61. The van der Waals surface area contributed by atoms with Gasteiger partial charge in [0.1, 0.15) is 10.7 Å². The maximum absolute atomic E-state index is 12.8. The molecule has 1 aliphatic carbocycles. The molecule has 0 radical (unpaired) electrons. The smallest absolute Gasteiger partial charge is 0.313 e. The number of carbonyl (C=O) groups excluding carboxylic acids is 1. The molecule has 0 fully saturated rings. The Hall–Kier alpha value is -1.69. The van der Waals surface area contributed by atoms with Gasteiger partial charge in [0.2, 0.25) is 0 Å². The van der Waals surface area contributed by atoms with Gasteiger partial charge in [-0.25, -0.2) is 4.98 Å². The van der Waals surface area contributed by atoms with Crippen LogP contribution in [0.2, 0.25) is 0 Å². The number of hydrogen-bond acceptors (Lipinski definition) is 5. The van der Waals surface area contributed by atoms with Crippen molar-refractivity contribution < 1.29 is 9.53 Å². The number of aromatic nitrogens is 2. The number of nitrogens with zero attached hydrogens (tertiary/aromatic N) is 2. The van der Waals surface area contributed by atoms with E-state index in [1.165, 1.54) is 0 Å². The largest absolute Gasteiger partial charge is 0.466 e. The van der Waals surface area contributed by atoms with E-state index in [0.717, 1.165) is 40.4 Å². The van der Waals surface area contributed by atoms with Gasteiger partial charge in [0.25, 0.3) is 5.56 Å². The van der Waals surface area contributed by atoms with Gasteiger partial charge in [-0.15, -0.1) is 11.3 Å². The first-order chi connectivity index (χ1) is 10.6. The lowest BCUT2D eigenvalue weighted by Gasteiger charge is -2.21. The van der Waals surface area contributed by atoms with E-state index in [1.54, 1.807) is 15.9 Å². The van der Waals surface area contributed by atoms with Gasteiger partial charge < -0.3 is 4.74 Å². The predicted molar refractivity (Wildman–Crippen MR) is 86.6 cm³/mol. The quantitative estimate of drug-likeness (QED) is 0.816. The molecule has 2 heterocycles. The fourth-order valence-electron chi connectivity index (χ4n) is 3.27. The second-order valence-corrected chi connectivity index (χ2v) is 6.61. The summed E-state index contributed by atoms with van der Waals surface area (Å²) in [5, 5.41) is 0.630. The summed E-state index contributed by atoms with van der Waals surface area (Å²) in [5.74, 6) is 0.192. The summed E-state index contributed by atoms with van der Waals surface area (Å²) < 4.78 is 6.89. The summed E-state index contributed by atoms with van der Waals surface area (Å²) in [6, 6.07) is 0. The molecule has 118 valence electrons. The first-order valence-corrected chi connectivity index (χ1v) is 8.59. The lowest BCUT2D eigenvalue weighted by atomic mass is 9.86. The van der Waals surface area contributed by atoms with E-state index in [-0.39, 0.29) is 17.4 Å². The molecule has 22 heavy (non-hydrogen) atoms. The van der Waals surface area contributed by atoms with Gasteiger partial charge in [-0.2, -0.15) is 0 Å². The lowest BCUT2D eigenvalue weighted by molar-refractivity contribution is -0.145. The minimum Gasteiger partial charge on any atom is -0.466 e. The summed E-state index contributed by atoms with van der Waals surface area (Å²) in [7, 11) is 0. The van der Waals surface area contributed by atoms with Crippen LogP contribution in [0.5, 0.6) is 0 Å². The lowest BCUT2D eigenvalue weighted by Crippen LogP contribution is -2.26. The van der Waals surface area contributed by atoms with Gasteiger partial charge in [0.15, 0.2) is 0 Å². The van der Waals surface area contributed by atoms with Crippen molar-refractivity contribution in [1.82, 2.24) is 9.55 Å². The zero-order valence-corrected chi connectivity index (χ0v) is 14.0. The zero-order valence-electron chi connectivity index (χ0n) is 13.1. The van der Waals surface area contributed by atoms with E-state index in [4.69, 9.17) is 4.74 Å². The molecule has 2 aromatic rings. The number of aryl methyl sites for hydroxylation is 2. The Morgan fingerprint density at radius 1 is 1.45 bits per heavy atom. The van der Waals surface area contributed by atoms with Gasteiger partial charge >= 0.3 is 5.97 Å². The molecule has 0 N–H and O–H groups in total. The van der Waals surface area contributed by atoms with Crippen molar-refractivity contribution in [3.8, 4) is 0 Å². The predicted octanol–water partition coefficient (Wildman–Crippen LogP) is 2.77. The van der Waals surface area contributed by atoms with Gasteiger partial charge in [-0.1, -0.05) is 0 Å². The molecular formula is C16H20N2O3S. The molecule has 2 aromatic heterocycles. The Kier molecular flexibility index (Phi) is 4.04. The number of esters is 1. The Morgan fingerprint density at radius 3 is 2.91 bits per heavy atom. The van der Waals surface area contributed by atoms with Gasteiger partial charge in [-0.3, -0.25) is 14.2 Å². The Balaban J connectivity index is 2.26. The van der Waals surface area contributed by atoms with Crippen LogP contribution in [0.25, 0.3) is 10.2 Å². The second kappa shape index (κ2) is 5.83. The number of hydrogen-bond donors (Lipinski definition) is 0. The van der Waals surface area contributed by atoms with Gasteiger partial charge in [0.05, 0.1) is 17.9 Å². The molecule has 0 aliphatic heterocycles. The van der Waals surface area contributed by atoms with Crippen molar-refractivity contribution >= 4 is 27.5 Å². The third-order valence-electron chi connectivity index (χ3n) is 4.25. The Labute approximate surface area is 132 Å². The first kappa shape index (κ1) is 15.2. The van der Waals surface area contributed by atoms with Crippen molar-refractivity contribution in [2.75, 3.05) is 6.61 Å². The van der Waals surface area contributed by atoms with E-state index in [9.17, 15) is 9.59 Å². The van der Waals surface area contributed by atoms with Crippen LogP contribution in [0.4, 0.5) is 0 Å². The zero-order chi connectivity index (χ0) is 15.9. The maximum atomic E-state index is 12.8. The highest BCUT2D eigenvalue weighted by Gasteiger charge is 2.33. The van der Waals surface area contributed by atoms with Crippen LogP contribution in [0, 0.1) is 6.92 Å². The normalized spacial score (nSPS) is 17.5. The molecule has 3 rings (SSSR count). The van der Waals surface area contributed by atoms with E-state index >= 15 is 0 Å². The fourth-order valence-corrected chi connectivity index (χ4v) is 4.58. The van der Waals surface area contributed by atoms with Crippen molar-refractivity contribution in [1.29, 1.82) is 0 Å². The van der Waals surface area contributed by atoms with Crippen LogP contribution in [0.15, 0.2) is 4.79 Å². The van der Waals surface area contributed by atoms with E-state index in [1.807, 2.05) is 20.8 Å². The van der Waals surface area contributed by atoms with Crippen LogP contribution < -0.4 is 5.56 Å². The second-order valence-electron chi connectivity index (χ2n) is 5.52. The summed E-state index contributed by atoms with van der Waals surface area (Å²) in [5.41, 5.74) is 0.850. The maximum Gasteiger partial charge on any atom is 0.313 e. The average Bonchev–Trinajstić information content (AvgIpc) is 2.85. The average molecular weight is 320 g/mol. The van der Waals surface area contributed by atoms with Crippen LogP contribution in [-0.4, -0.2) is 22.1 Å². The molecule has 0 bridgehead atoms. The summed E-state index contributed by atoms with van der Waals surface area (Å²) >= 11 is 1.55. The van der Waals surface area contributed by atoms with Crippen LogP contribution in [0.3, 0.4) is 0 Å². The highest BCUT2D eigenvalue weighted by molar-refractivity contribution is 7.18. The van der Waals surface area contributed by atoms with E-state index in [2.05, 4.69) is 4.98 Å². The van der Waals surface area contributed by atoms with Crippen molar-refractivity contribution in [2.45, 2.75) is 52.5 Å². The molecule has 1 aliphatic rings. The Morgan fingerprint density at radius 2 is 2.23 bits per heavy atom. The summed E-state index contributed by atoms with van der Waals surface area (Å²) in [6.45, 7) is 6.55. The molecule has 6 heteroatoms. The summed E-state index contributed by atoms with van der Waals surface area (Å²) in [4.78, 5) is 31.6. The SMILES string of the molecule is CCOC(=O)C1CCCc2sc3nc(C)n(CC)c(=O)c3c21. The molecule has 0 saturated heterocycles. The molecule has 0 saturated carbocycles. The third kappa shape index (κ3) is 2.26. The molecule has 0 aromatic carbocycles. The van der Waals surface area contributed by atoms with E-state index < -0.39 is 0 Å². The third-order valence-corrected chi connectivity index (χ3v) is 5.41. The highest BCUT2D eigenvalue weighted by Crippen LogP contribution is 2.41. The molecule has 5 nitrogen and oxygen atoms in total. The number of carbonyl (C=O) groups is 1. The minimum absolute atomic E-state index is 0.0290. The number of ether oxygens (including phenoxy) is 1. The van der Waals surface area contributed by atoms with Crippen molar-refractivity contribution in [3.63, 3.8) is 0 Å². The van der Waals surface area contributed by atoms with Crippen molar-refractivity contribution in [2.24, 2.45) is 0 Å². The van der Waals surface area contributed by atoms with E-state index in [0.29, 0.717) is 18.5 Å². The molecule has 1 unspecified atom stereocenters. The topological polar surface area (TPSA) is 61.2 Å².